The minimum Gasteiger partial charge on any atom is -0.380 e. The van der Waals surface area contributed by atoms with Crippen molar-refractivity contribution in [3.63, 3.8) is 0 Å². The highest BCUT2D eigenvalue weighted by molar-refractivity contribution is 5.81. The van der Waals surface area contributed by atoms with Gasteiger partial charge in [-0.1, -0.05) is 37.3 Å². The largest absolute Gasteiger partial charge is 0.380 e. The summed E-state index contributed by atoms with van der Waals surface area (Å²) in [5.74, 6) is -0.426. The first kappa shape index (κ1) is 15.7. The van der Waals surface area contributed by atoms with Crippen LogP contribution in [0.2, 0.25) is 0 Å². The first-order valence-corrected chi connectivity index (χ1v) is 6.57. The summed E-state index contributed by atoms with van der Waals surface area (Å²) in [5.41, 5.74) is 0.112. The molecule has 0 fully saturated rings. The number of hydrogen-bond donors (Lipinski definition) is 2. The van der Waals surface area contributed by atoms with Crippen molar-refractivity contribution in [1.82, 2.24) is 5.32 Å². The molecule has 0 saturated carbocycles. The number of carbonyl (C=O) groups excluding carboxylic acids is 1. The maximum atomic E-state index is 11.6. The van der Waals surface area contributed by atoms with Gasteiger partial charge in [-0.15, -0.1) is 0 Å². The third-order valence-corrected chi connectivity index (χ3v) is 3.49. The van der Waals surface area contributed by atoms with Gasteiger partial charge in [-0.05, 0) is 25.8 Å². The monoisotopic (exact) mass is 265 g/mol. The summed E-state index contributed by atoms with van der Waals surface area (Å²) in [6.07, 6.45) is -0.835. The van der Waals surface area contributed by atoms with E-state index in [0.29, 0.717) is 6.42 Å². The van der Waals surface area contributed by atoms with Gasteiger partial charge in [0.15, 0.2) is 6.10 Å². The summed E-state index contributed by atoms with van der Waals surface area (Å²) in [5, 5.41) is 12.5. The molecule has 0 heterocycles. The smallest absolute Gasteiger partial charge is 0.251 e. The minimum atomic E-state index is -1.19. The second kappa shape index (κ2) is 6.68. The molecule has 3 unspecified atom stereocenters. The highest BCUT2D eigenvalue weighted by Gasteiger charge is 2.38. The zero-order valence-electron chi connectivity index (χ0n) is 12.0. The summed E-state index contributed by atoms with van der Waals surface area (Å²) in [6, 6.07) is 9.75. The molecule has 106 valence electrons. The van der Waals surface area contributed by atoms with Crippen LogP contribution in [0.25, 0.3) is 0 Å². The highest BCUT2D eigenvalue weighted by Crippen LogP contribution is 2.29. The maximum Gasteiger partial charge on any atom is 0.251 e. The SMILES string of the molecule is CCC(C)(OC(C)c1ccccc1)C(O)C(=O)NC. The molecule has 1 amide bonds. The zero-order chi connectivity index (χ0) is 14.5. The van der Waals surface area contributed by atoms with Crippen LogP contribution < -0.4 is 5.32 Å². The van der Waals surface area contributed by atoms with E-state index in [4.69, 9.17) is 4.74 Å². The van der Waals surface area contributed by atoms with Gasteiger partial charge in [0, 0.05) is 7.05 Å². The Morgan fingerprint density at radius 2 is 2.00 bits per heavy atom. The Balaban J connectivity index is 2.83. The molecule has 0 spiro atoms. The number of hydrogen-bond acceptors (Lipinski definition) is 3. The van der Waals surface area contributed by atoms with Crippen LogP contribution >= 0.6 is 0 Å². The second-order valence-electron chi connectivity index (χ2n) is 4.85. The normalized spacial score (nSPS) is 17.3. The Kier molecular flexibility index (Phi) is 5.51. The summed E-state index contributed by atoms with van der Waals surface area (Å²) in [6.45, 7) is 5.57. The number of carbonyl (C=O) groups is 1. The number of likely N-dealkylation sites (N-methyl/N-ethyl adjacent to an activating group) is 1. The molecule has 2 N–H and O–H groups in total. The van der Waals surface area contributed by atoms with Crippen LogP contribution in [-0.2, 0) is 9.53 Å². The van der Waals surface area contributed by atoms with Crippen LogP contribution in [0.1, 0.15) is 38.9 Å². The molecule has 0 saturated heterocycles. The van der Waals surface area contributed by atoms with Gasteiger partial charge in [0.1, 0.15) is 5.60 Å². The molecule has 0 aromatic heterocycles. The molecular weight excluding hydrogens is 242 g/mol. The van der Waals surface area contributed by atoms with Crippen molar-refractivity contribution in [2.45, 2.75) is 45.0 Å². The lowest BCUT2D eigenvalue weighted by Crippen LogP contribution is -2.50. The van der Waals surface area contributed by atoms with Crippen molar-refractivity contribution in [1.29, 1.82) is 0 Å². The van der Waals surface area contributed by atoms with Gasteiger partial charge in [-0.25, -0.2) is 0 Å². The van der Waals surface area contributed by atoms with Crippen molar-refractivity contribution < 1.29 is 14.6 Å². The zero-order valence-corrected chi connectivity index (χ0v) is 12.0. The van der Waals surface area contributed by atoms with E-state index in [0.717, 1.165) is 5.56 Å². The quantitative estimate of drug-likeness (QED) is 0.827. The summed E-state index contributed by atoms with van der Waals surface area (Å²) in [4.78, 5) is 11.6. The number of rotatable bonds is 6. The van der Waals surface area contributed by atoms with Gasteiger partial charge in [0.05, 0.1) is 6.10 Å². The molecule has 3 atom stereocenters. The van der Waals surface area contributed by atoms with Crippen LogP contribution in [0.3, 0.4) is 0 Å². The second-order valence-corrected chi connectivity index (χ2v) is 4.85. The number of ether oxygens (including phenoxy) is 1. The van der Waals surface area contributed by atoms with Gasteiger partial charge in [0.2, 0.25) is 0 Å². The molecule has 4 nitrogen and oxygen atoms in total. The van der Waals surface area contributed by atoms with E-state index < -0.39 is 17.6 Å². The van der Waals surface area contributed by atoms with E-state index >= 15 is 0 Å². The van der Waals surface area contributed by atoms with Crippen LogP contribution in [0.15, 0.2) is 30.3 Å². The third kappa shape index (κ3) is 3.78. The lowest BCUT2D eigenvalue weighted by molar-refractivity contribution is -0.165. The van der Waals surface area contributed by atoms with Gasteiger partial charge in [0.25, 0.3) is 5.91 Å². The van der Waals surface area contributed by atoms with Crippen molar-refractivity contribution in [3.05, 3.63) is 35.9 Å². The van der Waals surface area contributed by atoms with Crippen LogP contribution in [-0.4, -0.2) is 29.8 Å². The number of aliphatic hydroxyl groups excluding tert-OH is 1. The Bertz CT molecular complexity index is 407. The Hall–Kier alpha value is -1.39. The fourth-order valence-corrected chi connectivity index (χ4v) is 1.95. The van der Waals surface area contributed by atoms with E-state index in [2.05, 4.69) is 5.32 Å². The van der Waals surface area contributed by atoms with E-state index in [1.807, 2.05) is 44.2 Å². The first-order chi connectivity index (χ1) is 8.94. The maximum absolute atomic E-state index is 11.6. The summed E-state index contributed by atoms with van der Waals surface area (Å²) in [7, 11) is 1.50. The average Bonchev–Trinajstić information content (AvgIpc) is 2.46. The molecule has 1 aromatic carbocycles. The lowest BCUT2D eigenvalue weighted by Gasteiger charge is -2.35. The van der Waals surface area contributed by atoms with Crippen LogP contribution in [0, 0.1) is 0 Å². The highest BCUT2D eigenvalue weighted by atomic mass is 16.5. The molecule has 0 bridgehead atoms. The van der Waals surface area contributed by atoms with Gasteiger partial charge >= 0.3 is 0 Å². The summed E-state index contributed by atoms with van der Waals surface area (Å²) >= 11 is 0. The van der Waals surface area contributed by atoms with E-state index in [-0.39, 0.29) is 6.10 Å². The molecule has 0 aliphatic heterocycles. The van der Waals surface area contributed by atoms with Crippen LogP contribution in [0.5, 0.6) is 0 Å². The molecule has 0 radical (unpaired) electrons. The van der Waals surface area contributed by atoms with Crippen molar-refractivity contribution in [2.24, 2.45) is 0 Å². The fraction of sp³-hybridized carbons (Fsp3) is 0.533. The van der Waals surface area contributed by atoms with Crippen LogP contribution in [0.4, 0.5) is 0 Å². The number of amides is 1. The first-order valence-electron chi connectivity index (χ1n) is 6.57. The Labute approximate surface area is 114 Å². The van der Waals surface area contributed by atoms with Crippen molar-refractivity contribution in [2.75, 3.05) is 7.05 Å². The molecular formula is C15H23NO3. The van der Waals surface area contributed by atoms with Gasteiger partial charge < -0.3 is 15.2 Å². The number of benzene rings is 1. The number of nitrogens with one attached hydrogen (secondary N) is 1. The topological polar surface area (TPSA) is 58.6 Å². The number of aliphatic hydroxyl groups is 1. The Morgan fingerprint density at radius 3 is 2.47 bits per heavy atom. The predicted octanol–water partition coefficient (Wildman–Crippen LogP) is 2.04. The van der Waals surface area contributed by atoms with Crippen molar-refractivity contribution >= 4 is 5.91 Å². The van der Waals surface area contributed by atoms with Crippen molar-refractivity contribution in [3.8, 4) is 0 Å². The summed E-state index contributed by atoms with van der Waals surface area (Å²) < 4.78 is 5.95. The third-order valence-electron chi connectivity index (χ3n) is 3.49. The molecule has 0 aliphatic carbocycles. The van der Waals surface area contributed by atoms with Gasteiger partial charge in [-0.2, -0.15) is 0 Å². The van der Waals surface area contributed by atoms with Gasteiger partial charge in [-0.3, -0.25) is 4.79 Å². The Morgan fingerprint density at radius 1 is 1.42 bits per heavy atom. The average molecular weight is 265 g/mol. The molecule has 4 heteroatoms. The van der Waals surface area contributed by atoms with E-state index in [9.17, 15) is 9.90 Å². The predicted molar refractivity (Wildman–Crippen MR) is 74.7 cm³/mol. The lowest BCUT2D eigenvalue weighted by atomic mass is 9.94. The fourth-order valence-electron chi connectivity index (χ4n) is 1.95. The molecule has 1 aromatic rings. The molecule has 19 heavy (non-hydrogen) atoms. The van der Waals surface area contributed by atoms with E-state index in [1.165, 1.54) is 7.05 Å². The molecule has 1 rings (SSSR count). The molecule has 0 aliphatic rings. The standard InChI is InChI=1S/C15H23NO3/c1-5-15(3,13(17)14(18)16-4)19-11(2)12-9-7-6-8-10-12/h6-11,13,17H,5H2,1-4H3,(H,16,18). The minimum absolute atomic E-state index is 0.189. The van der Waals surface area contributed by atoms with E-state index in [1.54, 1.807) is 6.92 Å².